The lowest BCUT2D eigenvalue weighted by molar-refractivity contribution is 0.0952. The van der Waals surface area contributed by atoms with Crippen molar-refractivity contribution in [1.29, 1.82) is 0 Å². The Bertz CT molecular complexity index is 503. The number of guanidine groups is 1. The summed E-state index contributed by atoms with van der Waals surface area (Å²) in [6.45, 7) is 7.86. The van der Waals surface area contributed by atoms with Crippen molar-refractivity contribution in [1.82, 2.24) is 16.0 Å². The molecule has 1 amide bonds. The third kappa shape index (κ3) is 6.03. The molecule has 1 rings (SSSR count). The lowest BCUT2D eigenvalue weighted by atomic mass is 10.2. The Kier molecular flexibility index (Phi) is 7.81. The van der Waals surface area contributed by atoms with Gasteiger partial charge in [0.05, 0.1) is 12.1 Å². The molecule has 0 bridgehead atoms. The summed E-state index contributed by atoms with van der Waals surface area (Å²) in [5, 5.41) is 18.8. The molecule has 0 aliphatic heterocycles. The van der Waals surface area contributed by atoms with Crippen LogP contribution < -0.4 is 16.0 Å². The van der Waals surface area contributed by atoms with Crippen molar-refractivity contribution < 1.29 is 9.90 Å². The first-order valence-electron chi connectivity index (χ1n) is 7.69. The number of phenolic OH excluding ortho intramolecular Hbond substituents is 1. The van der Waals surface area contributed by atoms with E-state index in [1.807, 2.05) is 6.92 Å². The highest BCUT2D eigenvalue weighted by atomic mass is 16.3. The molecule has 4 N–H and O–H groups in total. The van der Waals surface area contributed by atoms with Crippen LogP contribution >= 0.6 is 0 Å². The number of nitrogens with one attached hydrogen (secondary N) is 3. The SMILES string of the molecule is CCNC(=NCCNC(=O)c1ccccc1O)NC(C)CC. The molecule has 0 saturated heterocycles. The molecule has 6 nitrogen and oxygen atoms in total. The molecule has 22 heavy (non-hydrogen) atoms. The van der Waals surface area contributed by atoms with Gasteiger partial charge in [-0.25, -0.2) is 0 Å². The molecule has 122 valence electrons. The second kappa shape index (κ2) is 9.65. The lowest BCUT2D eigenvalue weighted by Crippen LogP contribution is -2.42. The highest BCUT2D eigenvalue weighted by Gasteiger charge is 2.09. The van der Waals surface area contributed by atoms with Crippen molar-refractivity contribution in [3.8, 4) is 5.75 Å². The first-order valence-corrected chi connectivity index (χ1v) is 7.69. The number of carbonyl (C=O) groups excluding carboxylic acids is 1. The summed E-state index contributed by atoms with van der Waals surface area (Å²) in [6, 6.07) is 6.81. The minimum Gasteiger partial charge on any atom is -0.507 e. The fourth-order valence-electron chi connectivity index (χ4n) is 1.75. The van der Waals surface area contributed by atoms with Crippen molar-refractivity contribution >= 4 is 11.9 Å². The quantitative estimate of drug-likeness (QED) is 0.349. The van der Waals surface area contributed by atoms with Gasteiger partial charge in [0.2, 0.25) is 0 Å². The van der Waals surface area contributed by atoms with Crippen molar-refractivity contribution in [3.63, 3.8) is 0 Å². The second-order valence-corrected chi connectivity index (χ2v) is 4.99. The van der Waals surface area contributed by atoms with Gasteiger partial charge in [-0.1, -0.05) is 19.1 Å². The molecule has 0 aliphatic carbocycles. The third-order valence-corrected chi connectivity index (χ3v) is 3.16. The number of para-hydroxylation sites is 1. The largest absolute Gasteiger partial charge is 0.507 e. The van der Waals surface area contributed by atoms with Gasteiger partial charge in [0.25, 0.3) is 5.91 Å². The molecule has 0 radical (unpaired) electrons. The van der Waals surface area contributed by atoms with Crippen LogP contribution in [0.1, 0.15) is 37.6 Å². The number of rotatable bonds is 7. The molecular formula is C16H26N4O2. The number of amides is 1. The molecule has 1 unspecified atom stereocenters. The minimum absolute atomic E-state index is 0.0183. The zero-order valence-electron chi connectivity index (χ0n) is 13.5. The van der Waals surface area contributed by atoms with E-state index in [9.17, 15) is 9.90 Å². The van der Waals surface area contributed by atoms with Crippen LogP contribution in [-0.4, -0.2) is 42.6 Å². The number of nitrogens with zero attached hydrogens (tertiary/aromatic N) is 1. The van der Waals surface area contributed by atoms with Gasteiger partial charge in [-0.05, 0) is 32.4 Å². The highest BCUT2D eigenvalue weighted by Crippen LogP contribution is 2.14. The number of phenols is 1. The number of carbonyl (C=O) groups is 1. The highest BCUT2D eigenvalue weighted by molar-refractivity contribution is 5.96. The number of aliphatic imine (C=N–C) groups is 1. The van der Waals surface area contributed by atoms with E-state index in [1.54, 1.807) is 18.2 Å². The van der Waals surface area contributed by atoms with Gasteiger partial charge in [-0.2, -0.15) is 0 Å². The topological polar surface area (TPSA) is 85.8 Å². The van der Waals surface area contributed by atoms with Crippen LogP contribution in [-0.2, 0) is 0 Å². The molecule has 0 aromatic heterocycles. The first kappa shape index (κ1) is 17.8. The monoisotopic (exact) mass is 306 g/mol. The molecule has 0 aliphatic rings. The van der Waals surface area contributed by atoms with E-state index in [0.29, 0.717) is 19.1 Å². The van der Waals surface area contributed by atoms with Crippen LogP contribution in [0.5, 0.6) is 5.75 Å². The Balaban J connectivity index is 2.46. The van der Waals surface area contributed by atoms with E-state index < -0.39 is 0 Å². The molecule has 0 saturated carbocycles. The zero-order chi connectivity index (χ0) is 16.4. The summed E-state index contributed by atoms with van der Waals surface area (Å²) >= 11 is 0. The predicted octanol–water partition coefficient (Wildman–Crippen LogP) is 1.48. The fraction of sp³-hybridized carbons (Fsp3) is 0.500. The molecule has 1 atom stereocenters. The summed E-state index contributed by atoms with van der Waals surface area (Å²) in [5.41, 5.74) is 0.274. The Morgan fingerprint density at radius 2 is 2.00 bits per heavy atom. The van der Waals surface area contributed by atoms with Crippen molar-refractivity contribution in [2.24, 2.45) is 4.99 Å². The molecule has 1 aromatic rings. The maximum Gasteiger partial charge on any atom is 0.255 e. The van der Waals surface area contributed by atoms with Crippen LogP contribution in [0.2, 0.25) is 0 Å². The van der Waals surface area contributed by atoms with Crippen LogP contribution in [0.3, 0.4) is 0 Å². The maximum atomic E-state index is 11.9. The van der Waals surface area contributed by atoms with Gasteiger partial charge < -0.3 is 21.1 Å². The zero-order valence-corrected chi connectivity index (χ0v) is 13.5. The van der Waals surface area contributed by atoms with Gasteiger partial charge in [0.15, 0.2) is 5.96 Å². The maximum absolute atomic E-state index is 11.9. The predicted molar refractivity (Wildman–Crippen MR) is 89.3 cm³/mol. The van der Waals surface area contributed by atoms with E-state index in [1.165, 1.54) is 6.07 Å². The Labute approximate surface area is 132 Å². The van der Waals surface area contributed by atoms with Crippen LogP contribution in [0.4, 0.5) is 0 Å². The number of hydrogen-bond donors (Lipinski definition) is 4. The van der Waals surface area contributed by atoms with Gasteiger partial charge in [-0.3, -0.25) is 9.79 Å². The van der Waals surface area contributed by atoms with E-state index in [0.717, 1.165) is 18.9 Å². The van der Waals surface area contributed by atoms with E-state index in [4.69, 9.17) is 0 Å². The van der Waals surface area contributed by atoms with Gasteiger partial charge in [0, 0.05) is 19.1 Å². The normalized spacial score (nSPS) is 12.6. The Morgan fingerprint density at radius 1 is 1.27 bits per heavy atom. The summed E-state index contributed by atoms with van der Waals surface area (Å²) in [6.07, 6.45) is 1.01. The van der Waals surface area contributed by atoms with Crippen LogP contribution in [0.15, 0.2) is 29.3 Å². The van der Waals surface area contributed by atoms with E-state index in [2.05, 4.69) is 34.8 Å². The van der Waals surface area contributed by atoms with Crippen molar-refractivity contribution in [3.05, 3.63) is 29.8 Å². The van der Waals surface area contributed by atoms with E-state index in [-0.39, 0.29) is 17.2 Å². The second-order valence-electron chi connectivity index (χ2n) is 4.99. The van der Waals surface area contributed by atoms with Crippen molar-refractivity contribution in [2.45, 2.75) is 33.2 Å². The Hall–Kier alpha value is -2.24. The average molecular weight is 306 g/mol. The fourth-order valence-corrected chi connectivity index (χ4v) is 1.75. The number of hydrogen-bond acceptors (Lipinski definition) is 3. The third-order valence-electron chi connectivity index (χ3n) is 3.16. The molecule has 0 heterocycles. The summed E-state index contributed by atoms with van der Waals surface area (Å²) < 4.78 is 0. The molecule has 0 fully saturated rings. The van der Waals surface area contributed by atoms with E-state index >= 15 is 0 Å². The molecule has 0 spiro atoms. The standard InChI is InChI=1S/C16H26N4O2/c1-4-12(3)20-16(17-5-2)19-11-10-18-15(22)13-8-6-7-9-14(13)21/h6-9,12,21H,4-5,10-11H2,1-3H3,(H,18,22)(H2,17,19,20). The average Bonchev–Trinajstić information content (AvgIpc) is 2.51. The smallest absolute Gasteiger partial charge is 0.255 e. The number of benzene rings is 1. The van der Waals surface area contributed by atoms with Gasteiger partial charge >= 0.3 is 0 Å². The summed E-state index contributed by atoms with van der Waals surface area (Å²) in [5.74, 6) is 0.428. The first-order chi connectivity index (χ1) is 10.6. The number of aromatic hydroxyl groups is 1. The molecule has 1 aromatic carbocycles. The van der Waals surface area contributed by atoms with Crippen molar-refractivity contribution in [2.75, 3.05) is 19.6 Å². The molecular weight excluding hydrogens is 280 g/mol. The summed E-state index contributed by atoms with van der Waals surface area (Å²) in [7, 11) is 0. The summed E-state index contributed by atoms with van der Waals surface area (Å²) in [4.78, 5) is 16.3. The van der Waals surface area contributed by atoms with Gasteiger partial charge in [0.1, 0.15) is 5.75 Å². The van der Waals surface area contributed by atoms with Crippen LogP contribution in [0.25, 0.3) is 0 Å². The lowest BCUT2D eigenvalue weighted by Gasteiger charge is -2.16. The van der Waals surface area contributed by atoms with Gasteiger partial charge in [-0.15, -0.1) is 0 Å². The Morgan fingerprint density at radius 3 is 2.64 bits per heavy atom. The van der Waals surface area contributed by atoms with Crippen LogP contribution in [0, 0.1) is 0 Å². The minimum atomic E-state index is -0.298. The molecule has 6 heteroatoms.